The molecular weight excluding hydrogens is 305 g/mol. The van der Waals surface area contributed by atoms with Crippen molar-refractivity contribution in [2.45, 2.75) is 13.0 Å². The van der Waals surface area contributed by atoms with E-state index in [0.29, 0.717) is 4.47 Å². The molecule has 94 valence electrons. The summed E-state index contributed by atoms with van der Waals surface area (Å²) in [6, 6.07) is 4.61. The van der Waals surface area contributed by atoms with Crippen LogP contribution in [0, 0.1) is 5.82 Å². The first-order valence-electron chi connectivity index (χ1n) is 5.19. The molecule has 1 amide bonds. The predicted molar refractivity (Wildman–Crippen MR) is 74.0 cm³/mol. The van der Waals surface area contributed by atoms with Crippen molar-refractivity contribution in [1.82, 2.24) is 4.90 Å². The van der Waals surface area contributed by atoms with E-state index >= 15 is 0 Å². The van der Waals surface area contributed by atoms with Gasteiger partial charge in [-0.3, -0.25) is 4.79 Å². The van der Waals surface area contributed by atoms with Gasteiger partial charge in [0.15, 0.2) is 0 Å². The molecule has 0 radical (unpaired) electrons. The first-order chi connectivity index (χ1) is 7.99. The summed E-state index contributed by atoms with van der Waals surface area (Å²) in [5.74, 6) is 0.0398. The van der Waals surface area contributed by atoms with E-state index < -0.39 is 5.82 Å². The number of rotatable bonds is 4. The molecule has 1 unspecified atom stereocenters. The Morgan fingerprint density at radius 3 is 2.76 bits per heavy atom. The van der Waals surface area contributed by atoms with E-state index in [0.717, 1.165) is 5.75 Å². The van der Waals surface area contributed by atoms with E-state index in [9.17, 15) is 9.18 Å². The van der Waals surface area contributed by atoms with Crippen LogP contribution in [0.4, 0.5) is 4.39 Å². The molecule has 2 nitrogen and oxygen atoms in total. The number of thioether (sulfide) groups is 1. The molecule has 0 saturated carbocycles. The van der Waals surface area contributed by atoms with Crippen LogP contribution >= 0.6 is 27.7 Å². The number of hydrogen-bond donors (Lipinski definition) is 0. The van der Waals surface area contributed by atoms with E-state index in [1.807, 2.05) is 13.2 Å². The van der Waals surface area contributed by atoms with Gasteiger partial charge in [-0.25, -0.2) is 4.39 Å². The third-order valence-corrected chi connectivity index (χ3v) is 4.04. The van der Waals surface area contributed by atoms with Gasteiger partial charge < -0.3 is 4.90 Å². The average Bonchev–Trinajstić information content (AvgIpc) is 2.27. The molecule has 1 aromatic rings. The summed E-state index contributed by atoms with van der Waals surface area (Å²) < 4.78 is 14.1. The highest BCUT2D eigenvalue weighted by molar-refractivity contribution is 9.10. The Bertz CT molecular complexity index is 393. The van der Waals surface area contributed by atoms with Gasteiger partial charge in [-0.1, -0.05) is 6.07 Å². The van der Waals surface area contributed by atoms with Crippen LogP contribution in [0.3, 0.4) is 0 Å². The molecule has 0 fully saturated rings. The van der Waals surface area contributed by atoms with Crippen molar-refractivity contribution in [3.8, 4) is 0 Å². The second-order valence-corrected chi connectivity index (χ2v) is 5.58. The van der Waals surface area contributed by atoms with Crippen LogP contribution < -0.4 is 0 Å². The van der Waals surface area contributed by atoms with Crippen LogP contribution in [0.15, 0.2) is 22.7 Å². The normalized spacial score (nSPS) is 12.3. The Labute approximate surface area is 114 Å². The SMILES string of the molecule is CSCC(C)N(C)C(=O)c1c(F)cccc1Br. The second kappa shape index (κ2) is 6.40. The number of nitrogens with zero attached hydrogens (tertiary/aromatic N) is 1. The zero-order valence-corrected chi connectivity index (χ0v) is 12.4. The van der Waals surface area contributed by atoms with E-state index in [4.69, 9.17) is 0 Å². The number of hydrogen-bond acceptors (Lipinski definition) is 2. The summed E-state index contributed by atoms with van der Waals surface area (Å²) in [6.07, 6.45) is 1.98. The minimum Gasteiger partial charge on any atom is -0.338 e. The molecule has 0 aliphatic carbocycles. The lowest BCUT2D eigenvalue weighted by Gasteiger charge is -2.25. The maximum Gasteiger partial charge on any atom is 0.257 e. The molecule has 0 aromatic heterocycles. The van der Waals surface area contributed by atoms with Crippen LogP contribution in [0.2, 0.25) is 0 Å². The van der Waals surface area contributed by atoms with Gasteiger partial charge in [0, 0.05) is 23.3 Å². The van der Waals surface area contributed by atoms with Crippen molar-refractivity contribution < 1.29 is 9.18 Å². The Balaban J connectivity index is 2.96. The molecule has 17 heavy (non-hydrogen) atoms. The van der Waals surface area contributed by atoms with Crippen molar-refractivity contribution in [2.75, 3.05) is 19.1 Å². The number of benzene rings is 1. The van der Waals surface area contributed by atoms with Crippen LogP contribution in [0.1, 0.15) is 17.3 Å². The Hall–Kier alpha value is -0.550. The average molecular weight is 320 g/mol. The highest BCUT2D eigenvalue weighted by atomic mass is 79.9. The van der Waals surface area contributed by atoms with Crippen molar-refractivity contribution in [3.63, 3.8) is 0 Å². The van der Waals surface area contributed by atoms with E-state index in [1.54, 1.807) is 35.8 Å². The van der Waals surface area contributed by atoms with Gasteiger partial charge in [-0.05, 0) is 41.2 Å². The summed E-state index contributed by atoms with van der Waals surface area (Å²) in [5, 5.41) is 0. The molecule has 0 aliphatic rings. The smallest absolute Gasteiger partial charge is 0.257 e. The van der Waals surface area contributed by atoms with Gasteiger partial charge in [0.25, 0.3) is 5.91 Å². The quantitative estimate of drug-likeness (QED) is 0.847. The van der Waals surface area contributed by atoms with E-state index in [-0.39, 0.29) is 17.5 Å². The predicted octanol–water partition coefficient (Wildman–Crippen LogP) is 3.41. The topological polar surface area (TPSA) is 20.3 Å². The number of amides is 1. The highest BCUT2D eigenvalue weighted by Gasteiger charge is 2.22. The number of carbonyl (C=O) groups is 1. The second-order valence-electron chi connectivity index (χ2n) is 3.82. The third kappa shape index (κ3) is 3.45. The summed E-state index contributed by atoms with van der Waals surface area (Å²) in [7, 11) is 1.70. The standard InChI is InChI=1S/C12H15BrFNOS/c1-8(7-17-3)15(2)12(16)11-9(13)5-4-6-10(11)14/h4-6,8H,7H2,1-3H3. The van der Waals surface area contributed by atoms with E-state index in [1.165, 1.54) is 6.07 Å². The van der Waals surface area contributed by atoms with Crippen LogP contribution in [0.25, 0.3) is 0 Å². The largest absolute Gasteiger partial charge is 0.338 e. The van der Waals surface area contributed by atoms with Gasteiger partial charge in [0.1, 0.15) is 5.82 Å². The number of halogens is 2. The van der Waals surface area contributed by atoms with Crippen molar-refractivity contribution in [2.24, 2.45) is 0 Å². The molecular formula is C12H15BrFNOS. The molecule has 0 heterocycles. The van der Waals surface area contributed by atoms with Crippen LogP contribution in [-0.4, -0.2) is 35.9 Å². The lowest BCUT2D eigenvalue weighted by molar-refractivity contribution is 0.0752. The summed E-state index contributed by atoms with van der Waals surface area (Å²) in [5.41, 5.74) is 0.1000. The first-order valence-corrected chi connectivity index (χ1v) is 7.37. The fraction of sp³-hybridized carbons (Fsp3) is 0.417. The summed E-state index contributed by atoms with van der Waals surface area (Å²) in [6.45, 7) is 1.95. The zero-order valence-electron chi connectivity index (χ0n) is 10.0. The molecule has 0 spiro atoms. The van der Waals surface area contributed by atoms with Crippen LogP contribution in [0.5, 0.6) is 0 Å². The van der Waals surface area contributed by atoms with Gasteiger partial charge in [-0.2, -0.15) is 11.8 Å². The highest BCUT2D eigenvalue weighted by Crippen LogP contribution is 2.22. The molecule has 1 aromatic carbocycles. The minimum absolute atomic E-state index is 0.0732. The number of carbonyl (C=O) groups excluding carboxylic acids is 1. The Kier molecular flexibility index (Phi) is 5.46. The van der Waals surface area contributed by atoms with Crippen molar-refractivity contribution >= 4 is 33.6 Å². The molecule has 5 heteroatoms. The fourth-order valence-corrected chi connectivity index (χ4v) is 2.65. The first kappa shape index (κ1) is 14.5. The van der Waals surface area contributed by atoms with Gasteiger partial charge >= 0.3 is 0 Å². The molecule has 1 rings (SSSR count). The molecule has 0 saturated heterocycles. The molecule has 1 atom stereocenters. The van der Waals surface area contributed by atoms with Crippen LogP contribution in [-0.2, 0) is 0 Å². The zero-order chi connectivity index (χ0) is 13.0. The molecule has 0 aliphatic heterocycles. The van der Waals surface area contributed by atoms with Crippen molar-refractivity contribution in [3.05, 3.63) is 34.1 Å². The fourth-order valence-electron chi connectivity index (χ4n) is 1.43. The van der Waals surface area contributed by atoms with Gasteiger partial charge in [-0.15, -0.1) is 0 Å². The maximum atomic E-state index is 13.6. The maximum absolute atomic E-state index is 13.6. The molecule has 0 bridgehead atoms. The third-order valence-electron chi connectivity index (χ3n) is 2.57. The Morgan fingerprint density at radius 2 is 2.24 bits per heavy atom. The van der Waals surface area contributed by atoms with Gasteiger partial charge in [0.05, 0.1) is 5.56 Å². The van der Waals surface area contributed by atoms with Gasteiger partial charge in [0.2, 0.25) is 0 Å². The lowest BCUT2D eigenvalue weighted by atomic mass is 10.1. The van der Waals surface area contributed by atoms with Crippen molar-refractivity contribution in [1.29, 1.82) is 0 Å². The summed E-state index contributed by atoms with van der Waals surface area (Å²) >= 11 is 4.87. The Morgan fingerprint density at radius 1 is 1.59 bits per heavy atom. The summed E-state index contributed by atoms with van der Waals surface area (Å²) in [4.78, 5) is 13.7. The van der Waals surface area contributed by atoms with E-state index in [2.05, 4.69) is 15.9 Å². The minimum atomic E-state index is -0.493. The monoisotopic (exact) mass is 319 g/mol. The lowest BCUT2D eigenvalue weighted by Crippen LogP contribution is -2.37. The molecule has 0 N–H and O–H groups in total.